The van der Waals surface area contributed by atoms with E-state index in [1.807, 2.05) is 54.6 Å². The summed E-state index contributed by atoms with van der Waals surface area (Å²) < 4.78 is 42.2. The van der Waals surface area contributed by atoms with Gasteiger partial charge in [-0.2, -0.15) is 5.48 Å². The quantitative estimate of drug-likeness (QED) is 0.330. The summed E-state index contributed by atoms with van der Waals surface area (Å²) in [6, 6.07) is 34.5. The van der Waals surface area contributed by atoms with Gasteiger partial charge < -0.3 is 14.3 Å². The van der Waals surface area contributed by atoms with E-state index in [2.05, 4.69) is 41.9 Å². The van der Waals surface area contributed by atoms with Gasteiger partial charge in [0.2, 0.25) is 0 Å². The third-order valence-corrected chi connectivity index (χ3v) is 7.56. The first-order valence-electron chi connectivity index (χ1n) is 12.4. The van der Waals surface area contributed by atoms with E-state index in [1.165, 1.54) is 6.07 Å². The van der Waals surface area contributed by atoms with E-state index in [-0.39, 0.29) is 24.7 Å². The highest BCUT2D eigenvalue weighted by atomic mass is 19.2. The standard InChI is InChI=1S/C31H27F2NO3/c32-27-18-10-17-25(29(27)33)30-21-35-28(26(30)19-37-34-30)20-36-31(22-11-4-1-5-12-22,23-13-6-2-7-14-23)24-15-8-3-9-16-24/h1-18,26,28,34H,19-21H2. The fraction of sp³-hybridized carbons (Fsp3) is 0.226. The van der Waals surface area contributed by atoms with Crippen LogP contribution in [-0.2, 0) is 25.5 Å². The number of hydrogen-bond donors (Lipinski definition) is 1. The van der Waals surface area contributed by atoms with Crippen LogP contribution < -0.4 is 5.48 Å². The normalized spacial score (nSPS) is 23.2. The summed E-state index contributed by atoms with van der Waals surface area (Å²) in [6.07, 6.45) is -0.409. The molecule has 0 aromatic heterocycles. The molecule has 2 saturated heterocycles. The molecule has 4 aromatic rings. The minimum atomic E-state index is -0.991. The van der Waals surface area contributed by atoms with Crippen molar-refractivity contribution in [3.05, 3.63) is 143 Å². The Balaban J connectivity index is 1.39. The van der Waals surface area contributed by atoms with Crippen molar-refractivity contribution >= 4 is 0 Å². The average molecular weight is 500 g/mol. The lowest BCUT2D eigenvalue weighted by atomic mass is 9.78. The van der Waals surface area contributed by atoms with Crippen molar-refractivity contribution < 1.29 is 23.1 Å². The maximum absolute atomic E-state index is 14.9. The molecule has 37 heavy (non-hydrogen) atoms. The summed E-state index contributed by atoms with van der Waals surface area (Å²) in [5, 5.41) is 0. The lowest BCUT2D eigenvalue weighted by molar-refractivity contribution is -0.0670. The van der Waals surface area contributed by atoms with E-state index in [1.54, 1.807) is 6.07 Å². The van der Waals surface area contributed by atoms with Crippen molar-refractivity contribution in [2.75, 3.05) is 19.8 Å². The molecule has 0 amide bonds. The topological polar surface area (TPSA) is 39.7 Å². The van der Waals surface area contributed by atoms with Gasteiger partial charge in [-0.3, -0.25) is 0 Å². The van der Waals surface area contributed by atoms with Crippen LogP contribution in [0.25, 0.3) is 0 Å². The Morgan fingerprint density at radius 1 is 0.784 bits per heavy atom. The molecule has 2 aliphatic heterocycles. The SMILES string of the molecule is Fc1cccc(C23COC(COC(c4ccccc4)(c4ccccc4)c4ccccc4)C2CON3)c1F. The molecule has 3 atom stereocenters. The zero-order valence-corrected chi connectivity index (χ0v) is 20.1. The second kappa shape index (κ2) is 9.80. The predicted molar refractivity (Wildman–Crippen MR) is 136 cm³/mol. The lowest BCUT2D eigenvalue weighted by Gasteiger charge is -2.37. The van der Waals surface area contributed by atoms with Crippen LogP contribution in [0.5, 0.6) is 0 Å². The van der Waals surface area contributed by atoms with Crippen LogP contribution in [-0.4, -0.2) is 25.9 Å². The second-order valence-electron chi connectivity index (χ2n) is 9.53. The van der Waals surface area contributed by atoms with Gasteiger partial charge in [0.1, 0.15) is 11.1 Å². The fourth-order valence-electron chi connectivity index (χ4n) is 5.71. The first-order chi connectivity index (χ1) is 18.1. The fourth-order valence-corrected chi connectivity index (χ4v) is 5.71. The molecule has 2 aliphatic rings. The summed E-state index contributed by atoms with van der Waals surface area (Å²) in [5.41, 5.74) is 4.20. The summed E-state index contributed by atoms with van der Waals surface area (Å²) in [7, 11) is 0. The average Bonchev–Trinajstić information content (AvgIpc) is 3.53. The van der Waals surface area contributed by atoms with Crippen molar-refractivity contribution in [3.63, 3.8) is 0 Å². The van der Waals surface area contributed by atoms with Crippen LogP contribution in [0.15, 0.2) is 109 Å². The summed E-state index contributed by atoms with van der Waals surface area (Å²) in [4.78, 5) is 5.61. The minimum Gasteiger partial charge on any atom is -0.373 e. The van der Waals surface area contributed by atoms with Crippen LogP contribution in [0.3, 0.4) is 0 Å². The van der Waals surface area contributed by atoms with Gasteiger partial charge >= 0.3 is 0 Å². The van der Waals surface area contributed by atoms with Crippen molar-refractivity contribution in [2.24, 2.45) is 5.92 Å². The van der Waals surface area contributed by atoms with Crippen LogP contribution in [0.4, 0.5) is 8.78 Å². The van der Waals surface area contributed by atoms with Crippen LogP contribution in [0.1, 0.15) is 22.3 Å². The smallest absolute Gasteiger partial charge is 0.164 e. The summed E-state index contributed by atoms with van der Waals surface area (Å²) in [5.74, 6) is -2.05. The Morgan fingerprint density at radius 3 is 1.92 bits per heavy atom. The number of hydrogen-bond acceptors (Lipinski definition) is 4. The predicted octanol–water partition coefficient (Wildman–Crippen LogP) is 5.72. The summed E-state index contributed by atoms with van der Waals surface area (Å²) in [6.45, 7) is 0.646. The van der Waals surface area contributed by atoms with E-state index in [0.717, 1.165) is 22.8 Å². The number of ether oxygens (including phenoxy) is 2. The Hall–Kier alpha value is -3.42. The molecule has 6 heteroatoms. The number of rotatable bonds is 7. The maximum atomic E-state index is 14.9. The van der Waals surface area contributed by atoms with Crippen molar-refractivity contribution in [2.45, 2.75) is 17.2 Å². The molecule has 0 saturated carbocycles. The van der Waals surface area contributed by atoms with Crippen LogP contribution >= 0.6 is 0 Å². The first-order valence-corrected chi connectivity index (χ1v) is 12.4. The number of nitrogens with one attached hydrogen (secondary N) is 1. The van der Waals surface area contributed by atoms with Crippen molar-refractivity contribution in [1.82, 2.24) is 5.48 Å². The highest BCUT2D eigenvalue weighted by Crippen LogP contribution is 2.46. The van der Waals surface area contributed by atoms with Gasteiger partial charge in [-0.1, -0.05) is 103 Å². The highest BCUT2D eigenvalue weighted by Gasteiger charge is 2.57. The Bertz CT molecular complexity index is 1260. The number of hydroxylamine groups is 1. The van der Waals surface area contributed by atoms with Gasteiger partial charge in [-0.05, 0) is 22.8 Å². The van der Waals surface area contributed by atoms with Gasteiger partial charge in [-0.25, -0.2) is 8.78 Å². The van der Waals surface area contributed by atoms with Gasteiger partial charge in [-0.15, -0.1) is 0 Å². The first kappa shape index (κ1) is 23.9. The number of fused-ring (bicyclic) bond motifs is 1. The molecule has 6 rings (SSSR count). The molecule has 0 spiro atoms. The van der Waals surface area contributed by atoms with Gasteiger partial charge in [0.15, 0.2) is 11.6 Å². The molecule has 4 nitrogen and oxygen atoms in total. The largest absolute Gasteiger partial charge is 0.373 e. The van der Waals surface area contributed by atoms with E-state index >= 15 is 0 Å². The molecule has 2 heterocycles. The minimum absolute atomic E-state index is 0.140. The Labute approximate surface area is 214 Å². The highest BCUT2D eigenvalue weighted by molar-refractivity contribution is 5.47. The lowest BCUT2D eigenvalue weighted by Crippen LogP contribution is -2.44. The van der Waals surface area contributed by atoms with E-state index in [4.69, 9.17) is 14.3 Å². The molecule has 0 bridgehead atoms. The van der Waals surface area contributed by atoms with Crippen molar-refractivity contribution in [3.8, 4) is 0 Å². The molecule has 3 unspecified atom stereocenters. The molecule has 2 fully saturated rings. The molecule has 188 valence electrons. The van der Waals surface area contributed by atoms with E-state index in [9.17, 15) is 8.78 Å². The number of benzene rings is 4. The Morgan fingerprint density at radius 2 is 1.35 bits per heavy atom. The van der Waals surface area contributed by atoms with Gasteiger partial charge in [0, 0.05) is 11.5 Å². The molecular weight excluding hydrogens is 472 g/mol. The molecule has 0 aliphatic carbocycles. The number of halogens is 2. The molecule has 4 aromatic carbocycles. The monoisotopic (exact) mass is 499 g/mol. The summed E-state index contributed by atoms with van der Waals surface area (Å²) >= 11 is 0. The van der Waals surface area contributed by atoms with E-state index in [0.29, 0.717) is 6.61 Å². The third-order valence-electron chi connectivity index (χ3n) is 7.56. The molecule has 0 radical (unpaired) electrons. The van der Waals surface area contributed by atoms with Crippen LogP contribution in [0.2, 0.25) is 0 Å². The van der Waals surface area contributed by atoms with Crippen LogP contribution in [0, 0.1) is 17.6 Å². The maximum Gasteiger partial charge on any atom is 0.164 e. The van der Waals surface area contributed by atoms with Crippen molar-refractivity contribution in [1.29, 1.82) is 0 Å². The molecule has 1 N–H and O–H groups in total. The van der Waals surface area contributed by atoms with Gasteiger partial charge in [0.05, 0.1) is 25.9 Å². The Kier molecular flexibility index (Phi) is 6.34. The van der Waals surface area contributed by atoms with Gasteiger partial charge in [0.25, 0.3) is 0 Å². The second-order valence-corrected chi connectivity index (χ2v) is 9.53. The molecular formula is C31H27F2NO3. The third kappa shape index (κ3) is 3.97. The zero-order chi connectivity index (χ0) is 25.3. The van der Waals surface area contributed by atoms with E-state index < -0.39 is 28.9 Å². The zero-order valence-electron chi connectivity index (χ0n) is 20.1.